The van der Waals surface area contributed by atoms with Crippen molar-refractivity contribution in [2.75, 3.05) is 4.90 Å². The lowest BCUT2D eigenvalue weighted by Gasteiger charge is -2.25. The van der Waals surface area contributed by atoms with Gasteiger partial charge in [0.15, 0.2) is 5.58 Å². The molecule has 0 aliphatic carbocycles. The van der Waals surface area contributed by atoms with Gasteiger partial charge in [0, 0.05) is 44.2 Å². The average molecular weight is 754 g/mol. The molecule has 0 bridgehead atoms. The van der Waals surface area contributed by atoms with Crippen molar-refractivity contribution in [2.24, 2.45) is 0 Å². The molecule has 0 saturated carbocycles. The van der Waals surface area contributed by atoms with Gasteiger partial charge in [-0.05, 0) is 86.4 Å². The van der Waals surface area contributed by atoms with Crippen LogP contribution in [0.1, 0.15) is 0 Å². The van der Waals surface area contributed by atoms with Gasteiger partial charge in [0.05, 0.1) is 11.4 Å². The molecule has 59 heavy (non-hydrogen) atoms. The summed E-state index contributed by atoms with van der Waals surface area (Å²) in [4.78, 5) is 2.31. The Balaban J connectivity index is 1.11. The van der Waals surface area contributed by atoms with E-state index in [9.17, 15) is 0 Å². The van der Waals surface area contributed by atoms with Crippen molar-refractivity contribution in [2.45, 2.75) is 0 Å². The summed E-state index contributed by atoms with van der Waals surface area (Å²) in [5.41, 5.74) is 13.2. The van der Waals surface area contributed by atoms with Crippen LogP contribution in [-0.2, 0) is 0 Å². The number of rotatable bonds is 6. The van der Waals surface area contributed by atoms with E-state index in [2.05, 4.69) is 217 Å². The maximum atomic E-state index is 7.22. The van der Waals surface area contributed by atoms with E-state index in [0.717, 1.165) is 99.5 Å². The average Bonchev–Trinajstić information content (AvgIpc) is 3.89. The molecule has 0 saturated heterocycles. The number of fused-ring (bicyclic) bond motifs is 9. The molecule has 2 aromatic heterocycles. The summed E-state index contributed by atoms with van der Waals surface area (Å²) in [6.07, 6.45) is 0. The van der Waals surface area contributed by atoms with Crippen molar-refractivity contribution < 1.29 is 8.83 Å². The zero-order valence-corrected chi connectivity index (χ0v) is 32.0. The monoisotopic (exact) mass is 753 g/mol. The number of furan rings is 2. The second kappa shape index (κ2) is 13.4. The van der Waals surface area contributed by atoms with Gasteiger partial charge in [-0.1, -0.05) is 164 Å². The van der Waals surface area contributed by atoms with Crippen LogP contribution in [0.5, 0.6) is 0 Å². The molecule has 0 N–H and O–H groups in total. The summed E-state index contributed by atoms with van der Waals surface area (Å²) in [5.74, 6) is 0. The second-order valence-electron chi connectivity index (χ2n) is 15.2. The van der Waals surface area contributed by atoms with Gasteiger partial charge in [0.1, 0.15) is 16.7 Å². The zero-order valence-electron chi connectivity index (χ0n) is 32.0. The fourth-order valence-electron chi connectivity index (χ4n) is 9.09. The smallest absolute Gasteiger partial charge is 0.159 e. The first-order valence-corrected chi connectivity index (χ1v) is 20.1. The highest BCUT2D eigenvalue weighted by atomic mass is 16.3. The SMILES string of the molecule is c1ccc(-c2ccc(-c3ccccc3)c3c2oc2c(N(c4ccc(-c5cccc6ccccc56)cc4)c4ccc5c(c4)oc4c6ccccc6ccc54)cccc23)cc1. The normalized spacial score (nSPS) is 11.7. The van der Waals surface area contributed by atoms with Crippen molar-refractivity contribution in [1.29, 1.82) is 0 Å². The first-order chi connectivity index (χ1) is 29.3. The Hall–Kier alpha value is -7.88. The van der Waals surface area contributed by atoms with Gasteiger partial charge in [-0.2, -0.15) is 0 Å². The largest absolute Gasteiger partial charge is 0.455 e. The zero-order chi connectivity index (χ0) is 38.9. The number of hydrogen-bond donors (Lipinski definition) is 0. The Morgan fingerprint density at radius 2 is 0.898 bits per heavy atom. The predicted octanol–water partition coefficient (Wildman–Crippen LogP) is 16.3. The molecular formula is C56H35NO2. The van der Waals surface area contributed by atoms with E-state index in [1.807, 2.05) is 0 Å². The molecule has 276 valence electrons. The first kappa shape index (κ1) is 33.3. The molecule has 3 heteroatoms. The lowest BCUT2D eigenvalue weighted by molar-refractivity contribution is 0.669. The Bertz CT molecular complexity index is 3540. The van der Waals surface area contributed by atoms with Crippen LogP contribution in [0.3, 0.4) is 0 Å². The van der Waals surface area contributed by atoms with E-state index in [1.165, 1.54) is 16.3 Å². The molecule has 0 fully saturated rings. The molecule has 3 nitrogen and oxygen atoms in total. The number of para-hydroxylation sites is 1. The van der Waals surface area contributed by atoms with Gasteiger partial charge in [0.25, 0.3) is 0 Å². The molecule has 0 amide bonds. The van der Waals surface area contributed by atoms with Crippen LogP contribution in [0, 0.1) is 0 Å². The predicted molar refractivity (Wildman–Crippen MR) is 247 cm³/mol. The van der Waals surface area contributed by atoms with Crippen molar-refractivity contribution >= 4 is 82.5 Å². The van der Waals surface area contributed by atoms with Crippen LogP contribution in [-0.4, -0.2) is 0 Å². The summed E-state index contributed by atoms with van der Waals surface area (Å²) >= 11 is 0. The highest BCUT2D eigenvalue weighted by Crippen LogP contribution is 2.48. The Morgan fingerprint density at radius 1 is 0.305 bits per heavy atom. The fourth-order valence-corrected chi connectivity index (χ4v) is 9.09. The number of nitrogens with zero attached hydrogens (tertiary/aromatic N) is 1. The Kier molecular flexibility index (Phi) is 7.54. The van der Waals surface area contributed by atoms with E-state index in [1.54, 1.807) is 0 Å². The molecular weight excluding hydrogens is 719 g/mol. The first-order valence-electron chi connectivity index (χ1n) is 20.1. The molecule has 10 aromatic carbocycles. The Morgan fingerprint density at radius 3 is 1.69 bits per heavy atom. The van der Waals surface area contributed by atoms with Gasteiger partial charge in [-0.3, -0.25) is 0 Å². The maximum absolute atomic E-state index is 7.22. The minimum atomic E-state index is 0.817. The minimum Gasteiger partial charge on any atom is -0.455 e. The van der Waals surface area contributed by atoms with Crippen LogP contribution < -0.4 is 4.90 Å². The van der Waals surface area contributed by atoms with E-state index in [0.29, 0.717) is 0 Å². The summed E-state index contributed by atoms with van der Waals surface area (Å²) in [6.45, 7) is 0. The van der Waals surface area contributed by atoms with Gasteiger partial charge in [-0.25, -0.2) is 0 Å². The standard InChI is InChI=1S/C56H35NO2/c1-3-13-37(14-4-1)45-33-34-47(38-15-5-2-6-16-38)56-53(45)50-23-12-24-51(55(50)59-56)57(41-28-25-40(26-29-41)44-22-11-19-36-17-7-9-20-43(36)44)42-30-32-48-49-31-27-39-18-8-10-21-46(39)54(49)58-52(48)35-42/h1-35H. The van der Waals surface area contributed by atoms with Gasteiger partial charge in [-0.15, -0.1) is 0 Å². The molecule has 0 spiro atoms. The quantitative estimate of drug-likeness (QED) is 0.169. The topological polar surface area (TPSA) is 29.5 Å². The van der Waals surface area contributed by atoms with Crippen molar-refractivity contribution in [3.05, 3.63) is 212 Å². The highest BCUT2D eigenvalue weighted by molar-refractivity contribution is 6.19. The van der Waals surface area contributed by atoms with E-state index in [-0.39, 0.29) is 0 Å². The van der Waals surface area contributed by atoms with Gasteiger partial charge >= 0.3 is 0 Å². The van der Waals surface area contributed by atoms with Crippen LogP contribution >= 0.6 is 0 Å². The molecule has 0 aliphatic rings. The van der Waals surface area contributed by atoms with Crippen LogP contribution in [0.4, 0.5) is 17.1 Å². The highest BCUT2D eigenvalue weighted by Gasteiger charge is 2.24. The van der Waals surface area contributed by atoms with Crippen molar-refractivity contribution in [3.63, 3.8) is 0 Å². The molecule has 0 atom stereocenters. The third-order valence-electron chi connectivity index (χ3n) is 11.9. The Labute approximate surface area is 340 Å². The molecule has 0 radical (unpaired) electrons. The molecule has 12 aromatic rings. The number of hydrogen-bond acceptors (Lipinski definition) is 3. The van der Waals surface area contributed by atoms with Crippen LogP contribution in [0.2, 0.25) is 0 Å². The molecule has 12 rings (SSSR count). The summed E-state index contributed by atoms with van der Waals surface area (Å²) in [5, 5.41) is 9.08. The van der Waals surface area contributed by atoms with Crippen molar-refractivity contribution in [3.8, 4) is 33.4 Å². The van der Waals surface area contributed by atoms with Crippen LogP contribution in [0.15, 0.2) is 221 Å². The lowest BCUT2D eigenvalue weighted by Crippen LogP contribution is -2.10. The summed E-state index contributed by atoms with van der Waals surface area (Å²) in [7, 11) is 0. The third-order valence-corrected chi connectivity index (χ3v) is 11.9. The van der Waals surface area contributed by atoms with E-state index < -0.39 is 0 Å². The minimum absolute atomic E-state index is 0.817. The number of benzene rings is 10. The summed E-state index contributed by atoms with van der Waals surface area (Å²) < 4.78 is 14.0. The van der Waals surface area contributed by atoms with E-state index >= 15 is 0 Å². The lowest BCUT2D eigenvalue weighted by atomic mass is 9.94. The molecule has 0 unspecified atom stereocenters. The van der Waals surface area contributed by atoms with Crippen LogP contribution in [0.25, 0.3) is 98.8 Å². The van der Waals surface area contributed by atoms with E-state index in [4.69, 9.17) is 8.83 Å². The molecule has 2 heterocycles. The van der Waals surface area contributed by atoms with Gasteiger partial charge in [0.2, 0.25) is 0 Å². The second-order valence-corrected chi connectivity index (χ2v) is 15.2. The summed E-state index contributed by atoms with van der Waals surface area (Å²) in [6, 6.07) is 75.5. The fraction of sp³-hybridized carbons (Fsp3) is 0. The molecule has 0 aliphatic heterocycles. The maximum Gasteiger partial charge on any atom is 0.159 e. The number of anilines is 3. The van der Waals surface area contributed by atoms with Gasteiger partial charge < -0.3 is 13.7 Å². The van der Waals surface area contributed by atoms with Crippen molar-refractivity contribution in [1.82, 2.24) is 0 Å². The third kappa shape index (κ3) is 5.36.